The summed E-state index contributed by atoms with van der Waals surface area (Å²) in [6.07, 6.45) is 5.20. The quantitative estimate of drug-likeness (QED) is 0.758. The molecule has 2 heterocycles. The molecule has 0 fully saturated rings. The molecule has 0 bridgehead atoms. The summed E-state index contributed by atoms with van der Waals surface area (Å²) in [5.74, 6) is 0.311. The van der Waals surface area contributed by atoms with Crippen molar-refractivity contribution in [3.05, 3.63) is 35.5 Å². The van der Waals surface area contributed by atoms with Crippen molar-refractivity contribution in [2.75, 3.05) is 13.6 Å². The maximum absolute atomic E-state index is 11.0. The second-order valence-electron chi connectivity index (χ2n) is 6.59. The summed E-state index contributed by atoms with van der Waals surface area (Å²) in [5.41, 5.74) is 4.44. The minimum atomic E-state index is 0.311. The molecule has 3 heteroatoms. The summed E-state index contributed by atoms with van der Waals surface area (Å²) in [5, 5.41) is 1.44. The number of Topliss-reactive ketones (excluding diaryl/α,β-unsaturated/α-hetero) is 1. The number of carbonyl (C=O) groups excluding carboxylic acids is 1. The smallest absolute Gasteiger partial charge is 0.129 e. The second kappa shape index (κ2) is 6.66. The van der Waals surface area contributed by atoms with Gasteiger partial charge < -0.3 is 14.3 Å². The number of ketones is 1. The minimum absolute atomic E-state index is 0.311. The van der Waals surface area contributed by atoms with Crippen LogP contribution in [0.3, 0.4) is 0 Å². The molecule has 0 amide bonds. The lowest BCUT2D eigenvalue weighted by molar-refractivity contribution is -0.117. The lowest BCUT2D eigenvalue weighted by Crippen LogP contribution is -2.27. The molecule has 3 nitrogen and oxygen atoms in total. The Morgan fingerprint density at radius 2 is 2.00 bits per heavy atom. The maximum Gasteiger partial charge on any atom is 0.129 e. The van der Waals surface area contributed by atoms with Crippen molar-refractivity contribution in [2.45, 2.75) is 52.1 Å². The van der Waals surface area contributed by atoms with Gasteiger partial charge in [-0.15, -0.1) is 0 Å². The zero-order valence-corrected chi connectivity index (χ0v) is 13.8. The summed E-state index contributed by atoms with van der Waals surface area (Å²) >= 11 is 0. The third-order valence-corrected chi connectivity index (χ3v) is 4.77. The zero-order chi connectivity index (χ0) is 15.5. The Kier molecular flexibility index (Phi) is 4.63. The number of hydrogen-bond donors (Lipinski definition) is 0. The molecule has 2 aromatic rings. The van der Waals surface area contributed by atoms with E-state index in [1.807, 2.05) is 0 Å². The van der Waals surface area contributed by atoms with E-state index >= 15 is 0 Å². The number of benzene rings is 1. The third-order valence-electron chi connectivity index (χ3n) is 4.77. The number of fused-ring (bicyclic) bond motifs is 3. The molecule has 0 radical (unpaired) electrons. The van der Waals surface area contributed by atoms with Gasteiger partial charge in [-0.3, -0.25) is 0 Å². The minimum Gasteiger partial charge on any atom is -0.343 e. The first-order valence-electron chi connectivity index (χ1n) is 8.44. The van der Waals surface area contributed by atoms with E-state index in [9.17, 15) is 4.79 Å². The van der Waals surface area contributed by atoms with Crippen LogP contribution in [0.2, 0.25) is 0 Å². The molecule has 0 N–H and O–H groups in total. The highest BCUT2D eigenvalue weighted by Gasteiger charge is 2.21. The largest absolute Gasteiger partial charge is 0.343 e. The van der Waals surface area contributed by atoms with Crippen LogP contribution in [0.1, 0.15) is 43.9 Å². The van der Waals surface area contributed by atoms with Crippen LogP contribution in [0, 0.1) is 0 Å². The summed E-state index contributed by atoms with van der Waals surface area (Å²) in [7, 11) is 2.21. The van der Waals surface area contributed by atoms with Crippen molar-refractivity contribution in [1.82, 2.24) is 9.47 Å². The predicted molar refractivity (Wildman–Crippen MR) is 91.1 cm³/mol. The number of carbonyl (C=O) groups is 1. The van der Waals surface area contributed by atoms with Gasteiger partial charge in [0.05, 0.1) is 0 Å². The number of rotatable bonds is 6. The van der Waals surface area contributed by atoms with Crippen LogP contribution in [0.5, 0.6) is 0 Å². The van der Waals surface area contributed by atoms with E-state index < -0.39 is 0 Å². The van der Waals surface area contributed by atoms with Gasteiger partial charge in [0.2, 0.25) is 0 Å². The van der Waals surface area contributed by atoms with E-state index in [0.717, 1.165) is 51.7 Å². The molecule has 1 aliphatic rings. The van der Waals surface area contributed by atoms with Gasteiger partial charge in [-0.1, -0.05) is 24.6 Å². The first-order chi connectivity index (χ1) is 10.7. The highest BCUT2D eigenvalue weighted by atomic mass is 16.1. The predicted octanol–water partition coefficient (Wildman–Crippen LogP) is 3.78. The molecule has 0 saturated heterocycles. The summed E-state index contributed by atoms with van der Waals surface area (Å²) in [6.45, 7) is 4.96. The van der Waals surface area contributed by atoms with Crippen molar-refractivity contribution in [3.8, 4) is 0 Å². The highest BCUT2D eigenvalue weighted by molar-refractivity contribution is 5.85. The van der Waals surface area contributed by atoms with E-state index in [4.69, 9.17) is 0 Å². The zero-order valence-electron chi connectivity index (χ0n) is 13.8. The number of nitrogens with zero attached hydrogens (tertiary/aromatic N) is 2. The molecule has 0 aliphatic carbocycles. The fourth-order valence-electron chi connectivity index (χ4n) is 3.60. The monoisotopic (exact) mass is 298 g/mol. The standard InChI is InChI=1S/C19H26N2O/c1-15(22)8-4-3-7-12-21-18-10-6-5-9-16(18)17-11-13-20(2)14-19(17)21/h5-6,9-10H,3-4,7-8,11-14H2,1-2H3. The molecule has 0 atom stereocenters. The number of hydrogen-bond acceptors (Lipinski definition) is 2. The molecule has 118 valence electrons. The Bertz CT molecular complexity index is 671. The van der Waals surface area contributed by atoms with Crippen molar-refractivity contribution in [2.24, 2.45) is 0 Å². The molecule has 0 saturated carbocycles. The molecule has 0 unspecified atom stereocenters. The molecule has 1 aliphatic heterocycles. The second-order valence-corrected chi connectivity index (χ2v) is 6.59. The molecule has 1 aromatic carbocycles. The van der Waals surface area contributed by atoms with Gasteiger partial charge in [-0.25, -0.2) is 0 Å². The van der Waals surface area contributed by atoms with Gasteiger partial charge in [0, 0.05) is 42.7 Å². The number of unbranched alkanes of at least 4 members (excludes halogenated alkanes) is 2. The van der Waals surface area contributed by atoms with E-state index in [1.54, 1.807) is 12.5 Å². The first-order valence-corrected chi connectivity index (χ1v) is 8.44. The summed E-state index contributed by atoms with van der Waals surface area (Å²) in [4.78, 5) is 13.4. The van der Waals surface area contributed by atoms with Crippen LogP contribution in [0.4, 0.5) is 0 Å². The number of likely N-dealkylation sites (N-methyl/N-ethyl adjacent to an activating group) is 1. The van der Waals surface area contributed by atoms with Crippen LogP contribution in [0.25, 0.3) is 10.9 Å². The van der Waals surface area contributed by atoms with E-state index in [1.165, 1.54) is 16.6 Å². The van der Waals surface area contributed by atoms with Crippen molar-refractivity contribution < 1.29 is 4.79 Å². The topological polar surface area (TPSA) is 25.2 Å². The third kappa shape index (κ3) is 3.09. The van der Waals surface area contributed by atoms with Crippen LogP contribution >= 0.6 is 0 Å². The van der Waals surface area contributed by atoms with Crippen molar-refractivity contribution in [1.29, 1.82) is 0 Å². The average Bonchev–Trinajstić information content (AvgIpc) is 2.80. The maximum atomic E-state index is 11.0. The lowest BCUT2D eigenvalue weighted by atomic mass is 10.0. The normalized spacial score (nSPS) is 15.2. The van der Waals surface area contributed by atoms with Gasteiger partial charge in [-0.2, -0.15) is 0 Å². The van der Waals surface area contributed by atoms with Gasteiger partial charge in [0.25, 0.3) is 0 Å². The lowest BCUT2D eigenvalue weighted by Gasteiger charge is -2.24. The SMILES string of the molecule is CC(=O)CCCCCn1c2c(c3ccccc31)CCN(C)C2. The molecule has 22 heavy (non-hydrogen) atoms. The first kappa shape index (κ1) is 15.3. The van der Waals surface area contributed by atoms with Crippen LogP contribution in [-0.4, -0.2) is 28.8 Å². The average molecular weight is 298 g/mol. The van der Waals surface area contributed by atoms with Gasteiger partial charge in [0.1, 0.15) is 5.78 Å². The Morgan fingerprint density at radius 1 is 1.18 bits per heavy atom. The van der Waals surface area contributed by atoms with Crippen LogP contribution < -0.4 is 0 Å². The highest BCUT2D eigenvalue weighted by Crippen LogP contribution is 2.30. The van der Waals surface area contributed by atoms with Gasteiger partial charge >= 0.3 is 0 Å². The van der Waals surface area contributed by atoms with Gasteiger partial charge in [0.15, 0.2) is 0 Å². The number of para-hydroxylation sites is 1. The van der Waals surface area contributed by atoms with E-state index in [2.05, 4.69) is 40.8 Å². The Hall–Kier alpha value is -1.61. The fourth-order valence-corrected chi connectivity index (χ4v) is 3.60. The number of aryl methyl sites for hydroxylation is 1. The molecule has 0 spiro atoms. The number of aromatic nitrogens is 1. The fraction of sp³-hybridized carbons (Fsp3) is 0.526. The Labute approximate surface area is 132 Å². The summed E-state index contributed by atoms with van der Waals surface area (Å²) in [6, 6.07) is 8.82. The molecular formula is C19H26N2O. The summed E-state index contributed by atoms with van der Waals surface area (Å²) < 4.78 is 2.52. The van der Waals surface area contributed by atoms with E-state index in [0.29, 0.717) is 5.78 Å². The molecule has 3 rings (SSSR count). The van der Waals surface area contributed by atoms with E-state index in [-0.39, 0.29) is 0 Å². The van der Waals surface area contributed by atoms with Gasteiger partial charge in [-0.05, 0) is 44.9 Å². The van der Waals surface area contributed by atoms with Crippen LogP contribution in [0.15, 0.2) is 24.3 Å². The van der Waals surface area contributed by atoms with Crippen LogP contribution in [-0.2, 0) is 24.3 Å². The Morgan fingerprint density at radius 3 is 2.82 bits per heavy atom. The van der Waals surface area contributed by atoms with Crippen molar-refractivity contribution in [3.63, 3.8) is 0 Å². The molecule has 1 aromatic heterocycles. The molecular weight excluding hydrogens is 272 g/mol. The van der Waals surface area contributed by atoms with Crippen molar-refractivity contribution >= 4 is 16.7 Å². The Balaban J connectivity index is 1.79.